The van der Waals surface area contributed by atoms with Crippen molar-refractivity contribution in [3.8, 4) is 11.3 Å². The number of allylic oxidation sites excluding steroid dienone is 2. The minimum absolute atomic E-state index is 0.772. The van der Waals surface area contributed by atoms with Gasteiger partial charge < -0.3 is 9.13 Å². The maximum Gasteiger partial charge on any atom is 0.0962 e. The smallest absolute Gasteiger partial charge is 0.0962 e. The summed E-state index contributed by atoms with van der Waals surface area (Å²) < 4.78 is 4.37. The van der Waals surface area contributed by atoms with Crippen LogP contribution in [0.4, 0.5) is 0 Å². The van der Waals surface area contributed by atoms with Gasteiger partial charge in [0.15, 0.2) is 0 Å². The molecule has 0 saturated carbocycles. The van der Waals surface area contributed by atoms with Crippen LogP contribution in [0.3, 0.4) is 0 Å². The van der Waals surface area contributed by atoms with Gasteiger partial charge in [0, 0.05) is 18.3 Å². The van der Waals surface area contributed by atoms with Crippen molar-refractivity contribution in [2.75, 3.05) is 0 Å². The molecule has 3 aromatic rings. The molecule has 0 spiro atoms. The number of benzene rings is 1. The molecule has 0 amide bonds. The van der Waals surface area contributed by atoms with Gasteiger partial charge in [-0.2, -0.15) is 0 Å². The second kappa shape index (κ2) is 6.65. The molecule has 0 atom stereocenters. The van der Waals surface area contributed by atoms with Crippen LogP contribution in [0, 0.1) is 0 Å². The fourth-order valence-corrected chi connectivity index (χ4v) is 2.80. The van der Waals surface area contributed by atoms with Crippen molar-refractivity contribution in [3.05, 3.63) is 66.6 Å². The molecule has 4 nitrogen and oxygen atoms in total. The maximum absolute atomic E-state index is 4.68. The zero-order chi connectivity index (χ0) is 16.2. The lowest BCUT2D eigenvalue weighted by atomic mass is 10.1. The van der Waals surface area contributed by atoms with Gasteiger partial charge in [-0.15, -0.1) is 0 Å². The number of aryl methyl sites for hydroxylation is 1. The lowest BCUT2D eigenvalue weighted by Gasteiger charge is -2.12. The number of nitrogens with zero attached hydrogens (tertiary/aromatic N) is 4. The molecule has 0 fully saturated rings. The predicted octanol–water partition coefficient (Wildman–Crippen LogP) is 4.24. The molecule has 3 rings (SSSR count). The Hall–Kier alpha value is -2.62. The fourth-order valence-electron chi connectivity index (χ4n) is 2.80. The van der Waals surface area contributed by atoms with Crippen LogP contribution >= 0.6 is 0 Å². The van der Waals surface area contributed by atoms with Crippen molar-refractivity contribution in [1.82, 2.24) is 19.1 Å². The van der Waals surface area contributed by atoms with E-state index in [0.717, 1.165) is 24.3 Å². The first-order valence-corrected chi connectivity index (χ1v) is 7.97. The van der Waals surface area contributed by atoms with Gasteiger partial charge in [0.05, 0.1) is 36.3 Å². The van der Waals surface area contributed by atoms with Crippen LogP contribution in [0.25, 0.3) is 16.8 Å². The summed E-state index contributed by atoms with van der Waals surface area (Å²) in [6, 6.07) is 10.3. The third kappa shape index (κ3) is 2.97. The van der Waals surface area contributed by atoms with Crippen molar-refractivity contribution in [2.45, 2.75) is 33.9 Å². The molecule has 0 aliphatic heterocycles. The molecule has 0 aliphatic carbocycles. The Morgan fingerprint density at radius 2 is 1.91 bits per heavy atom. The molecular weight excluding hydrogens is 284 g/mol. The van der Waals surface area contributed by atoms with E-state index in [4.69, 9.17) is 0 Å². The monoisotopic (exact) mass is 306 g/mol. The standard InChI is InChI=1S/C19H22N4/c1-4-15(3)19-18(16-9-7-6-8-10-16)21-14-23(19)12-17-11-20-13-22(17)5-2/h4,6-11,13-14H,5,12H2,1-3H3. The van der Waals surface area contributed by atoms with Crippen LogP contribution in [-0.4, -0.2) is 19.1 Å². The summed E-state index contributed by atoms with van der Waals surface area (Å²) >= 11 is 0. The minimum atomic E-state index is 0.772. The average Bonchev–Trinajstić information content (AvgIpc) is 3.22. The Balaban J connectivity index is 2.06. The second-order valence-corrected chi connectivity index (χ2v) is 5.58. The summed E-state index contributed by atoms with van der Waals surface area (Å²) in [7, 11) is 0. The van der Waals surface area contributed by atoms with Gasteiger partial charge >= 0.3 is 0 Å². The molecule has 2 heterocycles. The van der Waals surface area contributed by atoms with E-state index in [1.54, 1.807) is 0 Å². The highest BCUT2D eigenvalue weighted by molar-refractivity contribution is 5.76. The molecule has 0 bridgehead atoms. The maximum atomic E-state index is 4.68. The topological polar surface area (TPSA) is 35.6 Å². The summed E-state index contributed by atoms with van der Waals surface area (Å²) in [5.41, 5.74) is 5.76. The molecule has 0 N–H and O–H groups in total. The first-order valence-electron chi connectivity index (χ1n) is 7.97. The quantitative estimate of drug-likeness (QED) is 0.707. The molecule has 2 aromatic heterocycles. The van der Waals surface area contributed by atoms with Gasteiger partial charge in [-0.1, -0.05) is 36.4 Å². The second-order valence-electron chi connectivity index (χ2n) is 5.58. The van der Waals surface area contributed by atoms with Crippen molar-refractivity contribution in [2.24, 2.45) is 0 Å². The molecule has 0 saturated heterocycles. The van der Waals surface area contributed by atoms with E-state index in [1.807, 2.05) is 24.9 Å². The third-order valence-corrected chi connectivity index (χ3v) is 4.16. The normalized spacial score (nSPS) is 11.9. The number of hydrogen-bond donors (Lipinski definition) is 0. The highest BCUT2D eigenvalue weighted by atomic mass is 15.1. The van der Waals surface area contributed by atoms with Crippen LogP contribution in [0.15, 0.2) is 55.3 Å². The minimum Gasteiger partial charge on any atom is -0.333 e. The Labute approximate surface area is 137 Å². The number of rotatable bonds is 5. The van der Waals surface area contributed by atoms with E-state index in [9.17, 15) is 0 Å². The van der Waals surface area contributed by atoms with E-state index in [-0.39, 0.29) is 0 Å². The first kappa shape index (κ1) is 15.3. The van der Waals surface area contributed by atoms with Gasteiger partial charge in [-0.05, 0) is 26.3 Å². The molecule has 0 aliphatic rings. The molecule has 0 unspecified atom stereocenters. The summed E-state index contributed by atoms with van der Waals surface area (Å²) in [6.45, 7) is 8.03. The van der Waals surface area contributed by atoms with Crippen molar-refractivity contribution >= 4 is 5.57 Å². The van der Waals surface area contributed by atoms with Gasteiger partial charge in [-0.25, -0.2) is 9.97 Å². The van der Waals surface area contributed by atoms with E-state index < -0.39 is 0 Å². The lowest BCUT2D eigenvalue weighted by Crippen LogP contribution is -2.07. The van der Waals surface area contributed by atoms with Gasteiger partial charge in [0.2, 0.25) is 0 Å². The van der Waals surface area contributed by atoms with Crippen LogP contribution in [0.2, 0.25) is 0 Å². The van der Waals surface area contributed by atoms with E-state index in [2.05, 4.69) is 70.2 Å². The van der Waals surface area contributed by atoms with Crippen molar-refractivity contribution < 1.29 is 0 Å². The van der Waals surface area contributed by atoms with E-state index in [1.165, 1.54) is 17.0 Å². The Morgan fingerprint density at radius 3 is 2.61 bits per heavy atom. The largest absolute Gasteiger partial charge is 0.333 e. The van der Waals surface area contributed by atoms with Gasteiger partial charge in [0.1, 0.15) is 0 Å². The Kier molecular flexibility index (Phi) is 4.42. The Morgan fingerprint density at radius 1 is 1.13 bits per heavy atom. The number of imidazole rings is 2. The summed E-state index contributed by atoms with van der Waals surface area (Å²) in [6.07, 6.45) is 7.88. The van der Waals surface area contributed by atoms with Crippen molar-refractivity contribution in [3.63, 3.8) is 0 Å². The van der Waals surface area contributed by atoms with Gasteiger partial charge in [-0.3, -0.25) is 0 Å². The van der Waals surface area contributed by atoms with Crippen LogP contribution in [0.1, 0.15) is 32.2 Å². The number of aromatic nitrogens is 4. The molecular formula is C19H22N4. The van der Waals surface area contributed by atoms with Crippen LogP contribution in [-0.2, 0) is 13.1 Å². The lowest BCUT2D eigenvalue weighted by molar-refractivity contribution is 0.665. The van der Waals surface area contributed by atoms with Crippen molar-refractivity contribution in [1.29, 1.82) is 0 Å². The van der Waals surface area contributed by atoms with Crippen LogP contribution in [0.5, 0.6) is 0 Å². The fraction of sp³-hybridized carbons (Fsp3) is 0.263. The summed E-state index contributed by atoms with van der Waals surface area (Å²) in [5.74, 6) is 0. The SMILES string of the molecule is CC=C(C)c1c(-c2ccccc2)ncn1Cc1cncn1CC. The Bertz CT molecular complexity index is 809. The highest BCUT2D eigenvalue weighted by Gasteiger charge is 2.15. The average molecular weight is 306 g/mol. The molecule has 4 heteroatoms. The molecule has 1 aromatic carbocycles. The molecule has 0 radical (unpaired) electrons. The van der Waals surface area contributed by atoms with E-state index >= 15 is 0 Å². The molecule has 118 valence electrons. The molecule has 23 heavy (non-hydrogen) atoms. The van der Waals surface area contributed by atoms with E-state index in [0.29, 0.717) is 0 Å². The summed E-state index contributed by atoms with van der Waals surface area (Å²) in [4.78, 5) is 8.95. The highest BCUT2D eigenvalue weighted by Crippen LogP contribution is 2.28. The van der Waals surface area contributed by atoms with Crippen LogP contribution < -0.4 is 0 Å². The zero-order valence-corrected chi connectivity index (χ0v) is 13.9. The predicted molar refractivity (Wildman–Crippen MR) is 94.0 cm³/mol. The first-order chi connectivity index (χ1) is 11.2. The zero-order valence-electron chi connectivity index (χ0n) is 13.9. The summed E-state index contributed by atoms with van der Waals surface area (Å²) in [5, 5.41) is 0. The number of hydrogen-bond acceptors (Lipinski definition) is 2. The third-order valence-electron chi connectivity index (χ3n) is 4.16. The van der Waals surface area contributed by atoms with Gasteiger partial charge in [0.25, 0.3) is 0 Å².